The predicted octanol–water partition coefficient (Wildman–Crippen LogP) is 4.60. The Labute approximate surface area is 129 Å². The second-order valence-electron chi connectivity index (χ2n) is 7.13. The quantitative estimate of drug-likeness (QED) is 0.683. The third-order valence-electron chi connectivity index (χ3n) is 4.59. The summed E-state index contributed by atoms with van der Waals surface area (Å²) in [6, 6.07) is 6.85. The topological polar surface area (TPSA) is 20.3 Å². The minimum atomic E-state index is 0.122. The standard InChI is InChI=1S/C17H23NO.C2H6/c1-11-9-17(3,4)10-14-7-5-6-13-8-12(2)18(15(13)14)16(11)19;1-2/h5-7,11-12H,8-10H2,1-4H3;1-2H3. The Balaban J connectivity index is 0.000000774. The average Bonchev–Trinajstić information content (AvgIpc) is 2.75. The van der Waals surface area contributed by atoms with Crippen molar-refractivity contribution in [3.8, 4) is 0 Å². The van der Waals surface area contributed by atoms with Crippen LogP contribution in [0.5, 0.6) is 0 Å². The van der Waals surface area contributed by atoms with Gasteiger partial charge >= 0.3 is 0 Å². The lowest BCUT2D eigenvalue weighted by Gasteiger charge is -2.36. The summed E-state index contributed by atoms with van der Waals surface area (Å²) < 4.78 is 0. The highest BCUT2D eigenvalue weighted by Gasteiger charge is 2.39. The molecule has 2 aliphatic heterocycles. The zero-order valence-corrected chi connectivity index (χ0v) is 14.4. The predicted molar refractivity (Wildman–Crippen MR) is 89.7 cm³/mol. The molecule has 2 heterocycles. The lowest BCUT2D eigenvalue weighted by atomic mass is 9.76. The zero-order valence-electron chi connectivity index (χ0n) is 14.4. The molecule has 2 atom stereocenters. The molecular weight excluding hydrogens is 258 g/mol. The van der Waals surface area contributed by atoms with Gasteiger partial charge in [-0.05, 0) is 42.7 Å². The van der Waals surface area contributed by atoms with E-state index in [9.17, 15) is 4.79 Å². The van der Waals surface area contributed by atoms with Gasteiger partial charge in [0.2, 0.25) is 5.91 Å². The van der Waals surface area contributed by atoms with Crippen molar-refractivity contribution in [3.05, 3.63) is 29.3 Å². The fourth-order valence-corrected chi connectivity index (χ4v) is 3.96. The van der Waals surface area contributed by atoms with Gasteiger partial charge in [0.25, 0.3) is 0 Å². The number of anilines is 1. The van der Waals surface area contributed by atoms with Gasteiger partial charge in [-0.3, -0.25) is 4.79 Å². The molecule has 0 N–H and O–H groups in total. The summed E-state index contributed by atoms with van der Waals surface area (Å²) in [6.45, 7) is 12.8. The van der Waals surface area contributed by atoms with Crippen LogP contribution < -0.4 is 4.90 Å². The van der Waals surface area contributed by atoms with Crippen LogP contribution in [0.3, 0.4) is 0 Å². The minimum Gasteiger partial charge on any atom is -0.309 e. The summed E-state index contributed by atoms with van der Waals surface area (Å²) in [4.78, 5) is 14.8. The van der Waals surface area contributed by atoms with Gasteiger partial charge in [0.1, 0.15) is 0 Å². The maximum Gasteiger partial charge on any atom is 0.230 e. The fraction of sp³-hybridized carbons (Fsp3) is 0.632. The lowest BCUT2D eigenvalue weighted by Crippen LogP contribution is -2.42. The maximum absolute atomic E-state index is 12.7. The van der Waals surface area contributed by atoms with Gasteiger partial charge in [0, 0.05) is 12.0 Å². The van der Waals surface area contributed by atoms with Gasteiger partial charge in [-0.2, -0.15) is 0 Å². The van der Waals surface area contributed by atoms with Crippen LogP contribution in [0.4, 0.5) is 5.69 Å². The summed E-state index contributed by atoms with van der Waals surface area (Å²) >= 11 is 0. The molecule has 1 aromatic carbocycles. The second kappa shape index (κ2) is 5.82. The van der Waals surface area contributed by atoms with Gasteiger partial charge in [-0.25, -0.2) is 0 Å². The molecule has 1 aromatic rings. The van der Waals surface area contributed by atoms with Gasteiger partial charge in [0.05, 0.1) is 5.69 Å². The first kappa shape index (κ1) is 16.1. The van der Waals surface area contributed by atoms with Crippen LogP contribution in [-0.4, -0.2) is 11.9 Å². The van der Waals surface area contributed by atoms with Crippen molar-refractivity contribution in [1.82, 2.24) is 0 Å². The largest absolute Gasteiger partial charge is 0.309 e. The number of rotatable bonds is 0. The van der Waals surface area contributed by atoms with Crippen molar-refractivity contribution in [1.29, 1.82) is 0 Å². The molecule has 0 bridgehead atoms. The van der Waals surface area contributed by atoms with Crippen molar-refractivity contribution in [2.24, 2.45) is 11.3 Å². The van der Waals surface area contributed by atoms with Crippen molar-refractivity contribution >= 4 is 11.6 Å². The lowest BCUT2D eigenvalue weighted by molar-refractivity contribution is -0.123. The highest BCUT2D eigenvalue weighted by Crippen LogP contribution is 2.43. The molecule has 3 rings (SSSR count). The molecule has 0 saturated carbocycles. The number of carbonyl (C=O) groups is 1. The van der Waals surface area contributed by atoms with Crippen LogP contribution in [0.15, 0.2) is 18.2 Å². The summed E-state index contributed by atoms with van der Waals surface area (Å²) in [5.41, 5.74) is 4.12. The van der Waals surface area contributed by atoms with E-state index in [1.54, 1.807) is 0 Å². The molecule has 116 valence electrons. The van der Waals surface area contributed by atoms with Crippen molar-refractivity contribution in [2.75, 3.05) is 4.90 Å². The normalized spacial score (nSPS) is 26.4. The molecule has 0 spiro atoms. The maximum atomic E-state index is 12.7. The summed E-state index contributed by atoms with van der Waals surface area (Å²) in [5, 5.41) is 0. The third kappa shape index (κ3) is 2.86. The first-order chi connectivity index (χ1) is 9.89. The van der Waals surface area contributed by atoms with Crippen LogP contribution in [0.2, 0.25) is 0 Å². The Morgan fingerprint density at radius 1 is 1.14 bits per heavy atom. The van der Waals surface area contributed by atoms with E-state index in [-0.39, 0.29) is 11.3 Å². The van der Waals surface area contributed by atoms with E-state index in [1.807, 2.05) is 13.8 Å². The first-order valence-corrected chi connectivity index (χ1v) is 8.33. The Hall–Kier alpha value is -1.31. The Bertz CT molecular complexity index is 532. The zero-order chi connectivity index (χ0) is 15.8. The van der Waals surface area contributed by atoms with Gasteiger partial charge < -0.3 is 4.90 Å². The van der Waals surface area contributed by atoms with Crippen LogP contribution >= 0.6 is 0 Å². The second-order valence-corrected chi connectivity index (χ2v) is 7.13. The van der Waals surface area contributed by atoms with E-state index in [2.05, 4.69) is 50.8 Å². The average molecular weight is 287 g/mol. The molecule has 0 aliphatic carbocycles. The molecule has 2 heteroatoms. The first-order valence-electron chi connectivity index (χ1n) is 8.33. The number of carbonyl (C=O) groups excluding carboxylic acids is 1. The molecule has 1 amide bonds. The smallest absolute Gasteiger partial charge is 0.230 e. The van der Waals surface area contributed by atoms with E-state index < -0.39 is 0 Å². The number of hydrogen-bond acceptors (Lipinski definition) is 1. The molecule has 0 fully saturated rings. The molecule has 2 nitrogen and oxygen atoms in total. The Morgan fingerprint density at radius 3 is 2.43 bits per heavy atom. The third-order valence-corrected chi connectivity index (χ3v) is 4.59. The van der Waals surface area contributed by atoms with Crippen LogP contribution in [-0.2, 0) is 17.6 Å². The highest BCUT2D eigenvalue weighted by molar-refractivity contribution is 5.98. The van der Waals surface area contributed by atoms with Gasteiger partial charge in [0.15, 0.2) is 0 Å². The SMILES string of the molecule is CC.CC1CC(C)(C)Cc2cccc3c2N(C1=O)C(C)C3. The van der Waals surface area contributed by atoms with Crippen LogP contribution in [0.1, 0.15) is 59.1 Å². The molecule has 2 aliphatic rings. The summed E-state index contributed by atoms with van der Waals surface area (Å²) in [6.07, 6.45) is 3.04. The van der Waals surface area contributed by atoms with Crippen LogP contribution in [0, 0.1) is 11.3 Å². The summed E-state index contributed by atoms with van der Waals surface area (Å²) in [7, 11) is 0. The number of benzene rings is 1. The monoisotopic (exact) mass is 287 g/mol. The molecule has 0 saturated heterocycles. The molecule has 2 unspecified atom stereocenters. The molecule has 0 radical (unpaired) electrons. The van der Waals surface area contributed by atoms with E-state index in [0.717, 1.165) is 19.3 Å². The number of para-hydroxylation sites is 1. The van der Waals surface area contributed by atoms with E-state index >= 15 is 0 Å². The molecule has 0 aromatic heterocycles. The number of nitrogens with zero attached hydrogens (tertiary/aromatic N) is 1. The van der Waals surface area contributed by atoms with E-state index in [1.165, 1.54) is 16.8 Å². The van der Waals surface area contributed by atoms with E-state index in [0.29, 0.717) is 11.9 Å². The number of hydrogen-bond donors (Lipinski definition) is 0. The molecule has 21 heavy (non-hydrogen) atoms. The minimum absolute atomic E-state index is 0.122. The Morgan fingerprint density at radius 2 is 1.76 bits per heavy atom. The van der Waals surface area contributed by atoms with Gasteiger partial charge in [-0.1, -0.05) is 52.8 Å². The molecular formula is C19H29NO. The Kier molecular flexibility index (Phi) is 4.46. The van der Waals surface area contributed by atoms with E-state index in [4.69, 9.17) is 0 Å². The van der Waals surface area contributed by atoms with Gasteiger partial charge in [-0.15, -0.1) is 0 Å². The van der Waals surface area contributed by atoms with Crippen LogP contribution in [0.25, 0.3) is 0 Å². The number of amides is 1. The summed E-state index contributed by atoms with van der Waals surface area (Å²) in [5.74, 6) is 0.434. The van der Waals surface area contributed by atoms with Crippen molar-refractivity contribution in [2.45, 2.75) is 66.8 Å². The highest BCUT2D eigenvalue weighted by atomic mass is 16.2. The van der Waals surface area contributed by atoms with Crippen molar-refractivity contribution in [3.63, 3.8) is 0 Å². The fourth-order valence-electron chi connectivity index (χ4n) is 3.96. The van der Waals surface area contributed by atoms with Crippen molar-refractivity contribution < 1.29 is 4.79 Å².